The van der Waals surface area contributed by atoms with Crippen molar-refractivity contribution >= 4 is 16.9 Å². The van der Waals surface area contributed by atoms with Gasteiger partial charge in [0.2, 0.25) is 5.91 Å². The molecule has 0 radical (unpaired) electrons. The van der Waals surface area contributed by atoms with E-state index in [2.05, 4.69) is 10.3 Å². The highest BCUT2D eigenvalue weighted by Crippen LogP contribution is 2.26. The number of nitrogens with zero attached hydrogens (tertiary/aromatic N) is 2. The van der Waals surface area contributed by atoms with Gasteiger partial charge in [-0.2, -0.15) is 0 Å². The number of aliphatic hydroxyl groups excluding tert-OH is 1. The normalized spacial score (nSPS) is 11.7. The van der Waals surface area contributed by atoms with Crippen LogP contribution in [0.4, 0.5) is 4.39 Å². The largest absolute Gasteiger partial charge is 0.457 e. The van der Waals surface area contributed by atoms with E-state index in [1.54, 1.807) is 32.0 Å². The molecule has 28 heavy (non-hydrogen) atoms. The smallest absolute Gasteiger partial charge is 0.237 e. The molecule has 0 aliphatic rings. The molecule has 0 saturated heterocycles. The lowest BCUT2D eigenvalue weighted by Gasteiger charge is -2.22. The Hall–Kier alpha value is -2.97. The summed E-state index contributed by atoms with van der Waals surface area (Å²) in [4.78, 5) is 16.1. The zero-order valence-electron chi connectivity index (χ0n) is 15.8. The third-order valence-corrected chi connectivity index (χ3v) is 4.48. The molecule has 1 aromatic heterocycles. The minimum absolute atomic E-state index is 0.0687. The number of primary amides is 1. The third kappa shape index (κ3) is 4.29. The quantitative estimate of drug-likeness (QED) is 0.551. The molecule has 8 heteroatoms. The van der Waals surface area contributed by atoms with Gasteiger partial charge in [0.05, 0.1) is 29.7 Å². The molecule has 0 unspecified atom stereocenters. The van der Waals surface area contributed by atoms with E-state index in [9.17, 15) is 14.3 Å². The number of carbonyl (C=O) groups is 1. The van der Waals surface area contributed by atoms with Crippen molar-refractivity contribution in [1.82, 2.24) is 14.9 Å². The van der Waals surface area contributed by atoms with Crippen molar-refractivity contribution in [3.8, 4) is 11.5 Å². The maximum absolute atomic E-state index is 13.1. The SMILES string of the molecule is CC(C)(NCc1nc2ccc(Oc3ccc(F)cc3)cc2n1CCO)C(N)=O. The van der Waals surface area contributed by atoms with Crippen LogP contribution in [0.5, 0.6) is 11.5 Å². The fraction of sp³-hybridized carbons (Fsp3) is 0.300. The zero-order chi connectivity index (χ0) is 20.3. The number of carbonyl (C=O) groups excluding carboxylic acids is 1. The molecule has 0 aliphatic carbocycles. The van der Waals surface area contributed by atoms with Crippen molar-refractivity contribution in [2.75, 3.05) is 6.61 Å². The second kappa shape index (κ2) is 7.95. The molecule has 7 nitrogen and oxygen atoms in total. The Bertz CT molecular complexity index is 983. The van der Waals surface area contributed by atoms with Crippen LogP contribution in [0.25, 0.3) is 11.0 Å². The summed E-state index contributed by atoms with van der Waals surface area (Å²) in [5, 5.41) is 12.5. The number of hydrogen-bond donors (Lipinski definition) is 3. The molecular formula is C20H23FN4O3. The van der Waals surface area contributed by atoms with E-state index in [1.165, 1.54) is 12.1 Å². The van der Waals surface area contributed by atoms with E-state index >= 15 is 0 Å². The topological polar surface area (TPSA) is 102 Å². The van der Waals surface area contributed by atoms with Crippen molar-refractivity contribution in [2.45, 2.75) is 32.5 Å². The van der Waals surface area contributed by atoms with Crippen LogP contribution >= 0.6 is 0 Å². The zero-order valence-corrected chi connectivity index (χ0v) is 15.8. The predicted molar refractivity (Wildman–Crippen MR) is 103 cm³/mol. The van der Waals surface area contributed by atoms with E-state index in [1.807, 2.05) is 16.7 Å². The summed E-state index contributed by atoms with van der Waals surface area (Å²) >= 11 is 0. The Morgan fingerprint density at radius 3 is 2.57 bits per heavy atom. The summed E-state index contributed by atoms with van der Waals surface area (Å²) in [5.74, 6) is 0.943. The molecule has 1 amide bonds. The number of imidazole rings is 1. The lowest BCUT2D eigenvalue weighted by molar-refractivity contribution is -0.123. The molecule has 4 N–H and O–H groups in total. The average Bonchev–Trinajstić information content (AvgIpc) is 2.99. The number of nitrogens with two attached hydrogens (primary N) is 1. The summed E-state index contributed by atoms with van der Waals surface area (Å²) in [6, 6.07) is 11.1. The molecule has 0 fully saturated rings. The summed E-state index contributed by atoms with van der Waals surface area (Å²) < 4.78 is 20.7. The summed E-state index contributed by atoms with van der Waals surface area (Å²) in [5.41, 5.74) is 6.02. The molecule has 3 rings (SSSR count). The number of ether oxygens (including phenoxy) is 1. The molecule has 1 heterocycles. The molecule has 148 valence electrons. The van der Waals surface area contributed by atoms with Crippen LogP contribution in [0, 0.1) is 5.82 Å². The van der Waals surface area contributed by atoms with Crippen LogP contribution in [0.3, 0.4) is 0 Å². The number of aromatic nitrogens is 2. The van der Waals surface area contributed by atoms with Gasteiger partial charge in [0.1, 0.15) is 23.1 Å². The summed E-state index contributed by atoms with van der Waals surface area (Å²) in [6.45, 7) is 3.97. The number of nitrogens with one attached hydrogen (secondary N) is 1. The maximum Gasteiger partial charge on any atom is 0.237 e. The van der Waals surface area contributed by atoms with Crippen LogP contribution in [0.15, 0.2) is 42.5 Å². The summed E-state index contributed by atoms with van der Waals surface area (Å²) in [6.07, 6.45) is 0. The van der Waals surface area contributed by atoms with Gasteiger partial charge in [-0.05, 0) is 50.2 Å². The molecular weight excluding hydrogens is 363 g/mol. The van der Waals surface area contributed by atoms with Gasteiger partial charge in [-0.15, -0.1) is 0 Å². The molecule has 0 atom stereocenters. The van der Waals surface area contributed by atoms with Crippen LogP contribution in [-0.2, 0) is 17.9 Å². The van der Waals surface area contributed by atoms with Gasteiger partial charge < -0.3 is 20.1 Å². The van der Waals surface area contributed by atoms with Crippen LogP contribution in [-0.4, -0.2) is 32.7 Å². The second-order valence-electron chi connectivity index (χ2n) is 6.95. The lowest BCUT2D eigenvalue weighted by atomic mass is 10.1. The van der Waals surface area contributed by atoms with Gasteiger partial charge in [-0.1, -0.05) is 0 Å². The first kappa shape index (κ1) is 19.8. The third-order valence-electron chi connectivity index (χ3n) is 4.48. The minimum Gasteiger partial charge on any atom is -0.457 e. The number of hydrogen-bond acceptors (Lipinski definition) is 5. The molecule has 3 aromatic rings. The predicted octanol–water partition coefficient (Wildman–Crippen LogP) is 2.31. The highest BCUT2D eigenvalue weighted by molar-refractivity contribution is 5.83. The number of amides is 1. The molecule has 0 saturated carbocycles. The molecule has 2 aromatic carbocycles. The molecule has 0 spiro atoms. The second-order valence-corrected chi connectivity index (χ2v) is 6.95. The van der Waals surface area contributed by atoms with Crippen LogP contribution < -0.4 is 15.8 Å². The number of rotatable bonds is 8. The van der Waals surface area contributed by atoms with Crippen molar-refractivity contribution < 1.29 is 19.0 Å². The van der Waals surface area contributed by atoms with E-state index in [4.69, 9.17) is 10.5 Å². The van der Waals surface area contributed by atoms with Gasteiger partial charge in [0.25, 0.3) is 0 Å². The highest BCUT2D eigenvalue weighted by Gasteiger charge is 2.25. The Morgan fingerprint density at radius 1 is 1.25 bits per heavy atom. The molecule has 0 bridgehead atoms. The number of halogens is 1. The Morgan fingerprint density at radius 2 is 1.93 bits per heavy atom. The van der Waals surface area contributed by atoms with Crippen molar-refractivity contribution in [3.05, 3.63) is 54.1 Å². The Balaban J connectivity index is 1.90. The number of aliphatic hydroxyl groups is 1. The van der Waals surface area contributed by atoms with E-state index in [0.29, 0.717) is 30.4 Å². The van der Waals surface area contributed by atoms with Crippen LogP contribution in [0.1, 0.15) is 19.7 Å². The fourth-order valence-corrected chi connectivity index (χ4v) is 2.73. The van der Waals surface area contributed by atoms with Gasteiger partial charge in [0.15, 0.2) is 0 Å². The Kier molecular flexibility index (Phi) is 5.62. The van der Waals surface area contributed by atoms with Gasteiger partial charge in [-0.25, -0.2) is 9.37 Å². The standard InChI is InChI=1S/C20H23FN4O3/c1-20(2,19(22)27)23-12-18-24-16-8-7-15(11-17(16)25(18)9-10-26)28-14-5-3-13(21)4-6-14/h3-8,11,23,26H,9-10,12H2,1-2H3,(H2,22,27). The first-order valence-corrected chi connectivity index (χ1v) is 8.88. The first-order chi connectivity index (χ1) is 13.3. The highest BCUT2D eigenvalue weighted by atomic mass is 19.1. The molecule has 0 aliphatic heterocycles. The van der Waals surface area contributed by atoms with Gasteiger partial charge in [0, 0.05) is 12.6 Å². The van der Waals surface area contributed by atoms with E-state index < -0.39 is 11.4 Å². The lowest BCUT2D eigenvalue weighted by Crippen LogP contribution is -2.50. The monoisotopic (exact) mass is 386 g/mol. The first-order valence-electron chi connectivity index (χ1n) is 8.88. The van der Waals surface area contributed by atoms with Crippen molar-refractivity contribution in [2.24, 2.45) is 5.73 Å². The van der Waals surface area contributed by atoms with E-state index in [0.717, 1.165) is 11.0 Å². The van der Waals surface area contributed by atoms with Crippen molar-refractivity contribution in [3.63, 3.8) is 0 Å². The van der Waals surface area contributed by atoms with Crippen molar-refractivity contribution in [1.29, 1.82) is 0 Å². The van der Waals surface area contributed by atoms with Crippen LogP contribution in [0.2, 0.25) is 0 Å². The average molecular weight is 386 g/mol. The maximum atomic E-state index is 13.1. The van der Waals surface area contributed by atoms with E-state index in [-0.39, 0.29) is 12.4 Å². The van der Waals surface area contributed by atoms with Gasteiger partial charge >= 0.3 is 0 Å². The number of fused-ring (bicyclic) bond motifs is 1. The Labute approximate surface area is 161 Å². The van der Waals surface area contributed by atoms with Gasteiger partial charge in [-0.3, -0.25) is 10.1 Å². The minimum atomic E-state index is -0.890. The summed E-state index contributed by atoms with van der Waals surface area (Å²) in [7, 11) is 0. The number of benzene rings is 2. The fourth-order valence-electron chi connectivity index (χ4n) is 2.73.